The zero-order chi connectivity index (χ0) is 22.3. The van der Waals surface area contributed by atoms with Gasteiger partial charge in [-0.3, -0.25) is 4.98 Å². The van der Waals surface area contributed by atoms with Gasteiger partial charge in [-0.05, 0) is 24.3 Å². The lowest BCUT2D eigenvalue weighted by molar-refractivity contribution is 0.0547. The molecule has 0 fully saturated rings. The molecule has 0 unspecified atom stereocenters. The highest BCUT2D eigenvalue weighted by Gasteiger charge is 2.09. The number of ether oxygens (including phenoxy) is 3. The van der Waals surface area contributed by atoms with Gasteiger partial charge in [0.2, 0.25) is 11.9 Å². The van der Waals surface area contributed by atoms with Crippen molar-refractivity contribution in [3.8, 4) is 11.8 Å². The normalized spacial score (nSPS) is 10.7. The molecular formula is C22H29N7O3. The first-order valence-corrected chi connectivity index (χ1v) is 10.6. The van der Waals surface area contributed by atoms with Crippen molar-refractivity contribution in [3.63, 3.8) is 0 Å². The second-order valence-electron chi connectivity index (χ2n) is 6.62. The molecule has 170 valence electrons. The Morgan fingerprint density at radius 3 is 2.19 bits per heavy atom. The highest BCUT2D eigenvalue weighted by atomic mass is 16.5. The Kier molecular flexibility index (Phi) is 10.1. The van der Waals surface area contributed by atoms with Crippen LogP contribution in [0.2, 0.25) is 0 Å². The summed E-state index contributed by atoms with van der Waals surface area (Å²) in [6.07, 6.45) is 2.52. The van der Waals surface area contributed by atoms with E-state index in [0.29, 0.717) is 63.7 Å². The SMILES string of the molecule is NCCOCCOCCNc1nc(NCCc2ccccn2)nc(Oc2ccccc2)n1. The van der Waals surface area contributed by atoms with Crippen molar-refractivity contribution in [3.05, 3.63) is 60.4 Å². The first-order valence-electron chi connectivity index (χ1n) is 10.6. The number of nitrogens with two attached hydrogens (primary N) is 1. The van der Waals surface area contributed by atoms with Gasteiger partial charge in [0.25, 0.3) is 0 Å². The Labute approximate surface area is 187 Å². The van der Waals surface area contributed by atoms with Crippen LogP contribution in [0, 0.1) is 0 Å². The van der Waals surface area contributed by atoms with Crippen molar-refractivity contribution in [2.24, 2.45) is 5.73 Å². The predicted octanol–water partition coefficient (Wildman–Crippen LogP) is 2.12. The molecular weight excluding hydrogens is 410 g/mol. The lowest BCUT2D eigenvalue weighted by Gasteiger charge is -2.11. The molecule has 0 bridgehead atoms. The minimum absolute atomic E-state index is 0.199. The fourth-order valence-electron chi connectivity index (χ4n) is 2.64. The molecule has 0 radical (unpaired) electrons. The van der Waals surface area contributed by atoms with Gasteiger partial charge in [-0.2, -0.15) is 15.0 Å². The second kappa shape index (κ2) is 13.9. The summed E-state index contributed by atoms with van der Waals surface area (Å²) in [5.41, 5.74) is 6.36. The summed E-state index contributed by atoms with van der Waals surface area (Å²) >= 11 is 0. The number of nitrogens with zero attached hydrogens (tertiary/aromatic N) is 4. The van der Waals surface area contributed by atoms with Crippen LogP contribution in [0.1, 0.15) is 5.69 Å². The molecule has 10 heteroatoms. The maximum Gasteiger partial charge on any atom is 0.328 e. The molecule has 0 saturated carbocycles. The van der Waals surface area contributed by atoms with Crippen LogP contribution in [-0.4, -0.2) is 66.0 Å². The second-order valence-corrected chi connectivity index (χ2v) is 6.62. The number of benzene rings is 1. The number of para-hydroxylation sites is 1. The minimum Gasteiger partial charge on any atom is -0.424 e. The van der Waals surface area contributed by atoms with Gasteiger partial charge in [0.05, 0.1) is 26.4 Å². The first-order chi connectivity index (χ1) is 15.8. The van der Waals surface area contributed by atoms with Crippen LogP contribution in [0.4, 0.5) is 11.9 Å². The average Bonchev–Trinajstić information content (AvgIpc) is 2.82. The van der Waals surface area contributed by atoms with E-state index >= 15 is 0 Å². The Hall–Kier alpha value is -3.34. The molecule has 0 atom stereocenters. The van der Waals surface area contributed by atoms with Crippen LogP contribution in [0.3, 0.4) is 0 Å². The molecule has 10 nitrogen and oxygen atoms in total. The number of rotatable bonds is 15. The number of hydrogen-bond acceptors (Lipinski definition) is 10. The number of hydrogen-bond donors (Lipinski definition) is 3. The van der Waals surface area contributed by atoms with Gasteiger partial charge >= 0.3 is 6.01 Å². The highest BCUT2D eigenvalue weighted by molar-refractivity contribution is 5.37. The molecule has 0 aliphatic heterocycles. The van der Waals surface area contributed by atoms with Crippen molar-refractivity contribution in [1.29, 1.82) is 0 Å². The summed E-state index contributed by atoms with van der Waals surface area (Å²) < 4.78 is 16.6. The van der Waals surface area contributed by atoms with E-state index in [9.17, 15) is 0 Å². The van der Waals surface area contributed by atoms with E-state index in [2.05, 4.69) is 30.6 Å². The summed E-state index contributed by atoms with van der Waals surface area (Å²) in [4.78, 5) is 17.5. The zero-order valence-corrected chi connectivity index (χ0v) is 17.9. The molecule has 2 aromatic heterocycles. The molecule has 3 rings (SSSR count). The molecule has 0 aliphatic rings. The monoisotopic (exact) mass is 439 g/mol. The molecule has 32 heavy (non-hydrogen) atoms. The van der Waals surface area contributed by atoms with E-state index < -0.39 is 0 Å². The minimum atomic E-state index is 0.199. The lowest BCUT2D eigenvalue weighted by atomic mass is 10.3. The van der Waals surface area contributed by atoms with E-state index in [4.69, 9.17) is 19.9 Å². The first kappa shape index (κ1) is 23.3. The van der Waals surface area contributed by atoms with Crippen molar-refractivity contribution < 1.29 is 14.2 Å². The quantitative estimate of drug-likeness (QED) is 0.303. The van der Waals surface area contributed by atoms with Crippen LogP contribution >= 0.6 is 0 Å². The summed E-state index contributed by atoms with van der Waals surface area (Å²) in [7, 11) is 0. The Balaban J connectivity index is 1.54. The maximum atomic E-state index is 5.79. The summed E-state index contributed by atoms with van der Waals surface area (Å²) in [6, 6.07) is 15.4. The largest absolute Gasteiger partial charge is 0.424 e. The van der Waals surface area contributed by atoms with E-state index in [1.807, 2.05) is 48.5 Å². The van der Waals surface area contributed by atoms with E-state index in [-0.39, 0.29) is 6.01 Å². The molecule has 2 heterocycles. The summed E-state index contributed by atoms with van der Waals surface area (Å²) in [5.74, 6) is 1.46. The van der Waals surface area contributed by atoms with Gasteiger partial charge in [-0.25, -0.2) is 0 Å². The third-order valence-corrected chi connectivity index (χ3v) is 4.12. The molecule has 3 aromatic rings. The van der Waals surface area contributed by atoms with E-state index in [1.165, 1.54) is 0 Å². The number of pyridine rings is 1. The van der Waals surface area contributed by atoms with Crippen molar-refractivity contribution >= 4 is 11.9 Å². The van der Waals surface area contributed by atoms with Crippen LogP contribution in [0.15, 0.2) is 54.7 Å². The summed E-state index contributed by atoms with van der Waals surface area (Å²) in [5, 5.41) is 6.35. The molecule has 1 aromatic carbocycles. The van der Waals surface area contributed by atoms with Crippen LogP contribution < -0.4 is 21.1 Å². The van der Waals surface area contributed by atoms with Gasteiger partial charge in [-0.15, -0.1) is 0 Å². The summed E-state index contributed by atoms with van der Waals surface area (Å²) in [6.45, 7) is 3.69. The standard InChI is InChI=1S/C22H29N7O3/c23-10-14-30-16-17-31-15-13-26-21-27-20(25-12-9-18-6-4-5-11-24-18)28-22(29-21)32-19-7-2-1-3-8-19/h1-8,11H,9-10,12-17,23H2,(H2,25,26,27,28,29). The fraction of sp³-hybridized carbons (Fsp3) is 0.364. The Morgan fingerprint density at radius 2 is 1.47 bits per heavy atom. The highest BCUT2D eigenvalue weighted by Crippen LogP contribution is 2.19. The van der Waals surface area contributed by atoms with Gasteiger partial charge < -0.3 is 30.6 Å². The molecule has 4 N–H and O–H groups in total. The smallest absolute Gasteiger partial charge is 0.328 e. The molecule has 0 spiro atoms. The van der Waals surface area contributed by atoms with Crippen molar-refractivity contribution in [1.82, 2.24) is 19.9 Å². The van der Waals surface area contributed by atoms with Crippen LogP contribution in [-0.2, 0) is 15.9 Å². The lowest BCUT2D eigenvalue weighted by Crippen LogP contribution is -2.17. The van der Waals surface area contributed by atoms with E-state index in [1.54, 1.807) is 6.20 Å². The molecule has 0 aliphatic carbocycles. The van der Waals surface area contributed by atoms with Gasteiger partial charge in [0, 0.05) is 37.9 Å². The Morgan fingerprint density at radius 1 is 0.750 bits per heavy atom. The zero-order valence-electron chi connectivity index (χ0n) is 17.9. The number of anilines is 2. The maximum absolute atomic E-state index is 5.79. The third-order valence-electron chi connectivity index (χ3n) is 4.12. The topological polar surface area (TPSA) is 129 Å². The van der Waals surface area contributed by atoms with Gasteiger partial charge in [0.15, 0.2) is 0 Å². The fourth-order valence-corrected chi connectivity index (χ4v) is 2.64. The number of aromatic nitrogens is 4. The van der Waals surface area contributed by atoms with Crippen molar-refractivity contribution in [2.45, 2.75) is 6.42 Å². The van der Waals surface area contributed by atoms with E-state index in [0.717, 1.165) is 12.1 Å². The van der Waals surface area contributed by atoms with Crippen molar-refractivity contribution in [2.75, 3.05) is 56.7 Å². The average molecular weight is 440 g/mol. The predicted molar refractivity (Wildman–Crippen MR) is 122 cm³/mol. The van der Waals surface area contributed by atoms with Gasteiger partial charge in [0.1, 0.15) is 5.75 Å². The number of nitrogens with one attached hydrogen (secondary N) is 2. The third kappa shape index (κ3) is 8.80. The molecule has 0 amide bonds. The van der Waals surface area contributed by atoms with Crippen LogP contribution in [0.5, 0.6) is 11.8 Å². The molecule has 0 saturated heterocycles. The van der Waals surface area contributed by atoms with Gasteiger partial charge in [-0.1, -0.05) is 24.3 Å². The van der Waals surface area contributed by atoms with Crippen LogP contribution in [0.25, 0.3) is 0 Å². The Bertz CT molecular complexity index is 901.